The molecule has 1 saturated heterocycles. The lowest BCUT2D eigenvalue weighted by atomic mass is 10.0. The molecule has 2 aromatic heterocycles. The molecule has 0 aliphatic carbocycles. The van der Waals surface area contributed by atoms with Gasteiger partial charge in [0.2, 0.25) is 5.91 Å². The Kier molecular flexibility index (Phi) is 8.54. The topological polar surface area (TPSA) is 69.4 Å². The van der Waals surface area contributed by atoms with Gasteiger partial charge < -0.3 is 9.64 Å². The summed E-state index contributed by atoms with van der Waals surface area (Å²) in [6.07, 6.45) is 4.19. The molecule has 3 heterocycles. The number of thioether (sulfide) groups is 1. The third-order valence-electron chi connectivity index (χ3n) is 7.02. The molecule has 0 unspecified atom stereocenters. The third-order valence-corrected chi connectivity index (χ3v) is 9.29. The van der Waals surface area contributed by atoms with Gasteiger partial charge in [0, 0.05) is 18.3 Å². The molecule has 204 valence electrons. The van der Waals surface area contributed by atoms with Crippen molar-refractivity contribution in [1.82, 2.24) is 19.0 Å². The lowest BCUT2D eigenvalue weighted by molar-refractivity contribution is -0.132. The number of hydrogen-bond acceptors (Lipinski definition) is 7. The normalized spacial score (nSPS) is 15.6. The van der Waals surface area contributed by atoms with Crippen LogP contribution in [0.2, 0.25) is 0 Å². The summed E-state index contributed by atoms with van der Waals surface area (Å²) in [5.74, 6) is 1.07. The Hall–Kier alpha value is -2.95. The summed E-state index contributed by atoms with van der Waals surface area (Å²) in [7, 11) is 0. The van der Waals surface area contributed by atoms with E-state index in [9.17, 15) is 9.59 Å². The van der Waals surface area contributed by atoms with E-state index in [0.717, 1.165) is 49.2 Å². The molecule has 1 aliphatic rings. The first-order valence-corrected chi connectivity index (χ1v) is 15.5. The van der Waals surface area contributed by atoms with Crippen molar-refractivity contribution < 1.29 is 9.53 Å². The third kappa shape index (κ3) is 5.69. The van der Waals surface area contributed by atoms with Crippen LogP contribution in [0.1, 0.15) is 45.1 Å². The average molecular weight is 581 g/mol. The largest absolute Gasteiger partial charge is 0.494 e. The van der Waals surface area contributed by atoms with E-state index in [1.54, 1.807) is 4.57 Å². The number of piperidine rings is 1. The zero-order chi connectivity index (χ0) is 27.5. The number of aryl methyl sites for hydroxylation is 1. The molecular formula is C29H32N4O3S3. The highest BCUT2D eigenvalue weighted by Crippen LogP contribution is 2.29. The highest BCUT2D eigenvalue weighted by Gasteiger charge is 2.26. The minimum absolute atomic E-state index is 0.0880. The van der Waals surface area contributed by atoms with Gasteiger partial charge in [-0.05, 0) is 88.1 Å². The van der Waals surface area contributed by atoms with Crippen molar-refractivity contribution >= 4 is 51.6 Å². The molecule has 1 aliphatic heterocycles. The van der Waals surface area contributed by atoms with Gasteiger partial charge in [0.25, 0.3) is 5.56 Å². The van der Waals surface area contributed by atoms with Crippen LogP contribution in [0, 0.1) is 10.9 Å². The number of ether oxygens (including phenoxy) is 1. The number of benzene rings is 2. The van der Waals surface area contributed by atoms with Gasteiger partial charge in [-0.25, -0.2) is 4.98 Å². The first kappa shape index (κ1) is 27.6. The average Bonchev–Trinajstić information content (AvgIpc) is 3.29. The fourth-order valence-corrected chi connectivity index (χ4v) is 7.20. The summed E-state index contributed by atoms with van der Waals surface area (Å²) in [5.41, 5.74) is 2.93. The Morgan fingerprint density at radius 3 is 2.46 bits per heavy atom. The molecule has 0 bridgehead atoms. The Bertz CT molecular complexity index is 1590. The van der Waals surface area contributed by atoms with Crippen molar-refractivity contribution in [3.63, 3.8) is 0 Å². The van der Waals surface area contributed by atoms with E-state index in [0.29, 0.717) is 31.8 Å². The van der Waals surface area contributed by atoms with Gasteiger partial charge in [0.15, 0.2) is 14.8 Å². The van der Waals surface area contributed by atoms with E-state index in [-0.39, 0.29) is 23.3 Å². The van der Waals surface area contributed by atoms with Crippen molar-refractivity contribution in [1.29, 1.82) is 0 Å². The van der Waals surface area contributed by atoms with Gasteiger partial charge in [-0.3, -0.25) is 18.7 Å². The number of nitrogens with zero attached hydrogens (tertiary/aromatic N) is 4. The van der Waals surface area contributed by atoms with Crippen LogP contribution in [0.5, 0.6) is 5.75 Å². The molecule has 1 amide bonds. The highest BCUT2D eigenvalue weighted by molar-refractivity contribution is 7.99. The van der Waals surface area contributed by atoms with Gasteiger partial charge >= 0.3 is 0 Å². The zero-order valence-electron chi connectivity index (χ0n) is 22.4. The lowest BCUT2D eigenvalue weighted by Gasteiger charge is -2.35. The predicted octanol–water partition coefficient (Wildman–Crippen LogP) is 6.56. The Labute approximate surface area is 241 Å². The number of fused-ring (bicyclic) bond motifs is 1. The van der Waals surface area contributed by atoms with Crippen LogP contribution in [0.3, 0.4) is 0 Å². The van der Waals surface area contributed by atoms with Crippen molar-refractivity contribution in [2.75, 3.05) is 18.9 Å². The summed E-state index contributed by atoms with van der Waals surface area (Å²) in [4.78, 5) is 34.3. The molecule has 0 spiro atoms. The summed E-state index contributed by atoms with van der Waals surface area (Å²) in [6, 6.07) is 15.6. The maximum atomic E-state index is 14.0. The number of carbonyl (C=O) groups is 1. The number of amides is 1. The molecule has 2 aromatic carbocycles. The van der Waals surface area contributed by atoms with Crippen molar-refractivity contribution in [3.8, 4) is 17.1 Å². The van der Waals surface area contributed by atoms with Crippen LogP contribution in [0.15, 0.2) is 58.5 Å². The molecule has 4 aromatic rings. The first-order valence-electron chi connectivity index (χ1n) is 13.3. The Balaban J connectivity index is 1.59. The fraction of sp³-hybridized carbons (Fsp3) is 0.379. The van der Waals surface area contributed by atoms with Gasteiger partial charge in [-0.1, -0.05) is 47.7 Å². The van der Waals surface area contributed by atoms with E-state index in [1.807, 2.05) is 71.8 Å². The van der Waals surface area contributed by atoms with Gasteiger partial charge in [0.1, 0.15) is 10.4 Å². The smallest absolute Gasteiger partial charge is 0.278 e. The number of thiazole rings is 1. The summed E-state index contributed by atoms with van der Waals surface area (Å²) in [5, 5.41) is 0.474. The molecule has 0 radical (unpaired) electrons. The van der Waals surface area contributed by atoms with Crippen LogP contribution < -0.4 is 10.3 Å². The summed E-state index contributed by atoms with van der Waals surface area (Å²) >= 11 is 8.27. The van der Waals surface area contributed by atoms with Gasteiger partial charge in [-0.2, -0.15) is 0 Å². The molecule has 0 saturated carbocycles. The molecular weight excluding hydrogens is 549 g/mol. The number of aromatic nitrogens is 3. The Morgan fingerprint density at radius 2 is 1.77 bits per heavy atom. The molecule has 1 fully saturated rings. The number of hydrogen-bond donors (Lipinski definition) is 0. The molecule has 5 rings (SSSR count). The number of rotatable bonds is 8. The van der Waals surface area contributed by atoms with Gasteiger partial charge in [-0.15, -0.1) is 0 Å². The predicted molar refractivity (Wildman–Crippen MR) is 162 cm³/mol. The molecule has 10 heteroatoms. The lowest BCUT2D eigenvalue weighted by Crippen LogP contribution is -2.44. The van der Waals surface area contributed by atoms with Crippen LogP contribution >= 0.6 is 35.3 Å². The standard InChI is InChI=1S/C29H32N4O3S3/c1-4-20-8-6-7-17-31(20)24(34)18-38-28-30-26-25(27(35)33(28)22-11-9-19(3)10-12-22)39-29(37)32(26)21-13-15-23(16-14-21)36-5-2/h9-16,20H,4-8,17-18H2,1-3H3/t20-/m0/s1. The molecule has 39 heavy (non-hydrogen) atoms. The highest BCUT2D eigenvalue weighted by atomic mass is 32.2. The SMILES string of the molecule is CCOc1ccc(-n2c(=S)sc3c(=O)n(-c4ccc(C)cc4)c(SCC(=O)N4CCCC[C@@H]4CC)nc32)cc1. The van der Waals surface area contributed by atoms with Crippen molar-refractivity contribution in [2.45, 2.75) is 57.7 Å². The quantitative estimate of drug-likeness (QED) is 0.134. The second-order valence-corrected chi connectivity index (χ2v) is 12.2. The van der Waals surface area contributed by atoms with Crippen LogP contribution in [-0.4, -0.2) is 49.9 Å². The maximum absolute atomic E-state index is 14.0. The minimum atomic E-state index is -0.191. The van der Waals surface area contributed by atoms with Crippen LogP contribution in [0.25, 0.3) is 21.7 Å². The van der Waals surface area contributed by atoms with E-state index in [4.69, 9.17) is 21.9 Å². The zero-order valence-corrected chi connectivity index (χ0v) is 24.8. The minimum Gasteiger partial charge on any atom is -0.494 e. The van der Waals surface area contributed by atoms with E-state index < -0.39 is 0 Å². The summed E-state index contributed by atoms with van der Waals surface area (Å²) < 4.78 is 10.0. The molecule has 7 nitrogen and oxygen atoms in total. The van der Waals surface area contributed by atoms with E-state index in [2.05, 4.69) is 6.92 Å². The Morgan fingerprint density at radius 1 is 1.08 bits per heavy atom. The second kappa shape index (κ2) is 12.1. The fourth-order valence-electron chi connectivity index (χ4n) is 5.00. The van der Waals surface area contributed by atoms with Crippen LogP contribution in [0.4, 0.5) is 0 Å². The maximum Gasteiger partial charge on any atom is 0.278 e. The van der Waals surface area contributed by atoms with Crippen LogP contribution in [-0.2, 0) is 4.79 Å². The molecule has 1 atom stereocenters. The monoisotopic (exact) mass is 580 g/mol. The molecule has 0 N–H and O–H groups in total. The van der Waals surface area contributed by atoms with Gasteiger partial charge in [0.05, 0.1) is 18.0 Å². The second-order valence-electron chi connectivity index (χ2n) is 9.59. The van der Waals surface area contributed by atoms with Crippen molar-refractivity contribution in [3.05, 3.63) is 68.4 Å². The van der Waals surface area contributed by atoms with E-state index in [1.165, 1.54) is 23.1 Å². The number of carbonyl (C=O) groups excluding carboxylic acids is 1. The summed E-state index contributed by atoms with van der Waals surface area (Å²) in [6.45, 7) is 7.45. The first-order chi connectivity index (χ1) is 18.9. The van der Waals surface area contributed by atoms with Crippen molar-refractivity contribution in [2.24, 2.45) is 0 Å². The number of likely N-dealkylation sites (tertiary alicyclic amines) is 1. The van der Waals surface area contributed by atoms with E-state index >= 15 is 0 Å².